The van der Waals surface area contributed by atoms with Crippen LogP contribution in [0.1, 0.15) is 30.0 Å². The molecule has 0 aromatic carbocycles. The molecule has 0 saturated carbocycles. The maximum Gasteiger partial charge on any atom is 0.0847 e. The average molecular weight is 279 g/mol. The topological polar surface area (TPSA) is 42.7 Å². The molecule has 102 valence electrons. The first-order valence-electron chi connectivity index (χ1n) is 6.47. The van der Waals surface area contributed by atoms with E-state index in [-0.39, 0.29) is 6.04 Å². The number of nitrogens with one attached hydrogen (secondary N) is 1. The lowest BCUT2D eigenvalue weighted by atomic mass is 10.1. The summed E-state index contributed by atoms with van der Waals surface area (Å²) < 4.78 is 1.96. The quantitative estimate of drug-likeness (QED) is 0.914. The molecule has 0 saturated heterocycles. The van der Waals surface area contributed by atoms with Crippen LogP contribution in [0.2, 0.25) is 5.02 Å². The molecule has 0 bridgehead atoms. The van der Waals surface area contributed by atoms with Gasteiger partial charge < -0.3 is 5.32 Å². The monoisotopic (exact) mass is 278 g/mol. The second-order valence-electron chi connectivity index (χ2n) is 4.46. The second-order valence-corrected chi connectivity index (χ2v) is 4.84. The van der Waals surface area contributed by atoms with Crippen molar-refractivity contribution in [1.29, 1.82) is 0 Å². The van der Waals surface area contributed by atoms with Crippen LogP contribution in [-0.4, -0.2) is 21.8 Å². The number of halogens is 1. The molecule has 2 aromatic heterocycles. The molecule has 2 heterocycles. The SMILES string of the molecule is CCn1nc(C)c(Cl)c1CC(NC)c1ccccn1. The Hall–Kier alpha value is -1.39. The van der Waals surface area contributed by atoms with Crippen LogP contribution in [0.5, 0.6) is 0 Å². The van der Waals surface area contributed by atoms with Crippen LogP contribution in [0.3, 0.4) is 0 Å². The van der Waals surface area contributed by atoms with E-state index >= 15 is 0 Å². The molecule has 0 aliphatic heterocycles. The summed E-state index contributed by atoms with van der Waals surface area (Å²) in [6, 6.07) is 6.08. The molecule has 19 heavy (non-hydrogen) atoms. The Morgan fingerprint density at radius 1 is 1.42 bits per heavy atom. The number of hydrogen-bond donors (Lipinski definition) is 1. The van der Waals surface area contributed by atoms with Gasteiger partial charge in [0.25, 0.3) is 0 Å². The number of aromatic nitrogens is 3. The molecule has 1 unspecified atom stereocenters. The first kappa shape index (κ1) is 14.0. The van der Waals surface area contributed by atoms with Gasteiger partial charge >= 0.3 is 0 Å². The number of rotatable bonds is 5. The van der Waals surface area contributed by atoms with E-state index in [0.717, 1.165) is 35.1 Å². The summed E-state index contributed by atoms with van der Waals surface area (Å²) >= 11 is 6.35. The molecule has 5 heteroatoms. The minimum atomic E-state index is 0.139. The van der Waals surface area contributed by atoms with E-state index in [0.29, 0.717) is 0 Å². The molecule has 0 amide bonds. The van der Waals surface area contributed by atoms with Gasteiger partial charge in [-0.1, -0.05) is 17.7 Å². The lowest BCUT2D eigenvalue weighted by molar-refractivity contribution is 0.532. The summed E-state index contributed by atoms with van der Waals surface area (Å²) in [7, 11) is 1.94. The van der Waals surface area contributed by atoms with Gasteiger partial charge in [0, 0.05) is 19.2 Å². The lowest BCUT2D eigenvalue weighted by Crippen LogP contribution is -2.21. The first-order valence-corrected chi connectivity index (χ1v) is 6.85. The molecular formula is C14H19ClN4. The van der Waals surface area contributed by atoms with Crippen LogP contribution in [0, 0.1) is 6.92 Å². The summed E-state index contributed by atoms with van der Waals surface area (Å²) in [6.45, 7) is 4.83. The average Bonchev–Trinajstić information content (AvgIpc) is 2.72. The van der Waals surface area contributed by atoms with E-state index in [2.05, 4.69) is 22.3 Å². The second kappa shape index (κ2) is 6.17. The predicted octanol–water partition coefficient (Wildman–Crippen LogP) is 2.76. The van der Waals surface area contributed by atoms with E-state index in [9.17, 15) is 0 Å². The summed E-state index contributed by atoms with van der Waals surface area (Å²) in [4.78, 5) is 4.40. The Kier molecular flexibility index (Phi) is 4.56. The van der Waals surface area contributed by atoms with E-state index in [1.807, 2.05) is 43.0 Å². The van der Waals surface area contributed by atoms with Crippen LogP contribution in [0.15, 0.2) is 24.4 Å². The first-order chi connectivity index (χ1) is 9.17. The van der Waals surface area contributed by atoms with Crippen LogP contribution >= 0.6 is 11.6 Å². The van der Waals surface area contributed by atoms with Crippen LogP contribution < -0.4 is 5.32 Å². The van der Waals surface area contributed by atoms with Gasteiger partial charge in [0.1, 0.15) is 0 Å². The van der Waals surface area contributed by atoms with E-state index in [1.165, 1.54) is 0 Å². The number of pyridine rings is 1. The number of likely N-dealkylation sites (N-methyl/N-ethyl adjacent to an activating group) is 1. The van der Waals surface area contributed by atoms with Gasteiger partial charge in [0.15, 0.2) is 0 Å². The van der Waals surface area contributed by atoms with Crippen molar-refractivity contribution in [3.63, 3.8) is 0 Å². The fourth-order valence-corrected chi connectivity index (χ4v) is 2.41. The van der Waals surface area contributed by atoms with Crippen molar-refractivity contribution >= 4 is 11.6 Å². The minimum absolute atomic E-state index is 0.139. The Morgan fingerprint density at radius 3 is 2.79 bits per heavy atom. The normalized spacial score (nSPS) is 12.6. The van der Waals surface area contributed by atoms with Crippen LogP contribution in [-0.2, 0) is 13.0 Å². The molecule has 0 fully saturated rings. The fraction of sp³-hybridized carbons (Fsp3) is 0.429. The molecular weight excluding hydrogens is 260 g/mol. The van der Waals surface area contributed by atoms with Crippen molar-refractivity contribution < 1.29 is 0 Å². The van der Waals surface area contributed by atoms with Gasteiger partial charge in [-0.25, -0.2) is 0 Å². The van der Waals surface area contributed by atoms with Crippen molar-refractivity contribution in [2.24, 2.45) is 0 Å². The van der Waals surface area contributed by atoms with Gasteiger partial charge in [0.05, 0.1) is 28.1 Å². The lowest BCUT2D eigenvalue weighted by Gasteiger charge is -2.16. The highest BCUT2D eigenvalue weighted by atomic mass is 35.5. The Morgan fingerprint density at radius 2 is 2.21 bits per heavy atom. The van der Waals surface area contributed by atoms with Gasteiger partial charge in [-0.05, 0) is 33.0 Å². The summed E-state index contributed by atoms with van der Waals surface area (Å²) in [5, 5.41) is 8.50. The fourth-order valence-electron chi connectivity index (χ4n) is 2.19. The van der Waals surface area contributed by atoms with Crippen molar-refractivity contribution in [3.05, 3.63) is 46.5 Å². The molecule has 1 N–H and O–H groups in total. The molecule has 2 rings (SSSR count). The minimum Gasteiger partial charge on any atom is -0.311 e. The molecule has 1 atom stereocenters. The van der Waals surface area contributed by atoms with Crippen molar-refractivity contribution in [2.75, 3.05) is 7.05 Å². The Balaban J connectivity index is 2.29. The molecule has 2 aromatic rings. The van der Waals surface area contributed by atoms with Crippen molar-refractivity contribution in [1.82, 2.24) is 20.1 Å². The highest BCUT2D eigenvalue weighted by molar-refractivity contribution is 6.31. The van der Waals surface area contributed by atoms with E-state index in [4.69, 9.17) is 11.6 Å². The van der Waals surface area contributed by atoms with E-state index in [1.54, 1.807) is 0 Å². The zero-order valence-electron chi connectivity index (χ0n) is 11.5. The third kappa shape index (κ3) is 2.96. The van der Waals surface area contributed by atoms with Crippen molar-refractivity contribution in [3.8, 4) is 0 Å². The van der Waals surface area contributed by atoms with Gasteiger partial charge in [-0.15, -0.1) is 0 Å². The van der Waals surface area contributed by atoms with Crippen molar-refractivity contribution in [2.45, 2.75) is 32.9 Å². The number of hydrogen-bond acceptors (Lipinski definition) is 3. The van der Waals surface area contributed by atoms with Crippen LogP contribution in [0.25, 0.3) is 0 Å². The zero-order valence-corrected chi connectivity index (χ0v) is 12.3. The largest absolute Gasteiger partial charge is 0.311 e. The number of nitrogens with zero attached hydrogens (tertiary/aromatic N) is 3. The maximum absolute atomic E-state index is 6.35. The summed E-state index contributed by atoms with van der Waals surface area (Å²) in [5.74, 6) is 0. The van der Waals surface area contributed by atoms with Gasteiger partial charge in [-0.3, -0.25) is 9.67 Å². The standard InChI is InChI=1S/C14H19ClN4/c1-4-19-13(14(15)10(2)18-19)9-12(16-3)11-7-5-6-8-17-11/h5-8,12,16H,4,9H2,1-3H3. The Labute approximate surface area is 118 Å². The molecule has 0 radical (unpaired) electrons. The van der Waals surface area contributed by atoms with Gasteiger partial charge in [-0.2, -0.15) is 5.10 Å². The third-order valence-corrected chi connectivity index (χ3v) is 3.74. The summed E-state index contributed by atoms with van der Waals surface area (Å²) in [6.07, 6.45) is 2.59. The smallest absolute Gasteiger partial charge is 0.0847 e. The predicted molar refractivity (Wildman–Crippen MR) is 77.4 cm³/mol. The molecule has 0 aliphatic rings. The van der Waals surface area contributed by atoms with E-state index < -0.39 is 0 Å². The highest BCUT2D eigenvalue weighted by Crippen LogP contribution is 2.25. The zero-order chi connectivity index (χ0) is 13.8. The molecule has 0 aliphatic carbocycles. The third-order valence-electron chi connectivity index (χ3n) is 3.24. The molecule has 0 spiro atoms. The van der Waals surface area contributed by atoms with Crippen LogP contribution in [0.4, 0.5) is 0 Å². The summed E-state index contributed by atoms with van der Waals surface area (Å²) in [5.41, 5.74) is 2.96. The molecule has 4 nitrogen and oxygen atoms in total. The Bertz CT molecular complexity index is 536. The van der Waals surface area contributed by atoms with Gasteiger partial charge in [0.2, 0.25) is 0 Å². The highest BCUT2D eigenvalue weighted by Gasteiger charge is 2.18. The maximum atomic E-state index is 6.35. The number of aryl methyl sites for hydroxylation is 2.